The summed E-state index contributed by atoms with van der Waals surface area (Å²) in [7, 11) is 1.58. The van der Waals surface area contributed by atoms with Crippen molar-refractivity contribution in [2.75, 3.05) is 13.7 Å². The molecule has 2 N–H and O–H groups in total. The van der Waals surface area contributed by atoms with Gasteiger partial charge in [0.1, 0.15) is 6.10 Å². The van der Waals surface area contributed by atoms with E-state index in [-0.39, 0.29) is 6.10 Å². The fourth-order valence-electron chi connectivity index (χ4n) is 4.72. The van der Waals surface area contributed by atoms with Crippen LogP contribution in [-0.4, -0.2) is 36.2 Å². The monoisotopic (exact) mass is 562 g/mol. The summed E-state index contributed by atoms with van der Waals surface area (Å²) in [5, 5.41) is 7.70. The Bertz CT molecular complexity index is 1510. The van der Waals surface area contributed by atoms with E-state index in [9.17, 15) is 4.79 Å². The summed E-state index contributed by atoms with van der Waals surface area (Å²) < 4.78 is 10.5. The largest absolute Gasteiger partial charge is 0.481 e. The van der Waals surface area contributed by atoms with Gasteiger partial charge in [0.25, 0.3) is 6.47 Å². The highest BCUT2D eigenvalue weighted by atomic mass is 35.5. The molecule has 7 nitrogen and oxygen atoms in total. The zero-order valence-corrected chi connectivity index (χ0v) is 23.1. The third-order valence-electron chi connectivity index (χ3n) is 6.73. The van der Waals surface area contributed by atoms with Gasteiger partial charge >= 0.3 is 0 Å². The summed E-state index contributed by atoms with van der Waals surface area (Å²) in [6.07, 6.45) is 1.53. The molecule has 1 aliphatic rings. The normalized spacial score (nSPS) is 13.1. The van der Waals surface area contributed by atoms with Crippen molar-refractivity contribution in [2.45, 2.75) is 32.7 Å². The number of halogens is 2. The number of fused-ring (bicyclic) bond motifs is 1. The van der Waals surface area contributed by atoms with Gasteiger partial charge in [0.15, 0.2) is 0 Å². The van der Waals surface area contributed by atoms with Crippen molar-refractivity contribution in [3.63, 3.8) is 0 Å². The number of carbonyl (C=O) groups excluding carboxylic acids is 1. The predicted octanol–water partition coefficient (Wildman–Crippen LogP) is 6.05. The zero-order chi connectivity index (χ0) is 27.4. The van der Waals surface area contributed by atoms with E-state index >= 15 is 0 Å². The molecule has 0 spiro atoms. The van der Waals surface area contributed by atoms with Gasteiger partial charge in [-0.1, -0.05) is 59.6 Å². The molecule has 1 atom stereocenters. The van der Waals surface area contributed by atoms with Crippen molar-refractivity contribution in [2.24, 2.45) is 0 Å². The second kappa shape index (κ2) is 12.1. The summed E-state index contributed by atoms with van der Waals surface area (Å²) in [5.41, 5.74) is 8.15. The van der Waals surface area contributed by atoms with Crippen molar-refractivity contribution in [3.8, 4) is 39.5 Å². The lowest BCUT2D eigenvalue weighted by Crippen LogP contribution is -2.26. The first-order chi connectivity index (χ1) is 19.0. The van der Waals surface area contributed by atoms with Crippen molar-refractivity contribution >= 4 is 29.7 Å². The van der Waals surface area contributed by atoms with Crippen LogP contribution < -0.4 is 15.4 Å². The Morgan fingerprint density at radius 2 is 1.82 bits per heavy atom. The van der Waals surface area contributed by atoms with Crippen LogP contribution in [-0.2, 0) is 29.2 Å². The van der Waals surface area contributed by atoms with Crippen LogP contribution in [0.15, 0.2) is 60.8 Å². The minimum absolute atomic E-state index is 0.234. The Hall–Kier alpha value is -3.49. The lowest BCUT2D eigenvalue weighted by Gasteiger charge is -2.15. The van der Waals surface area contributed by atoms with Gasteiger partial charge in [0.2, 0.25) is 5.88 Å². The van der Waals surface area contributed by atoms with Crippen LogP contribution >= 0.6 is 23.2 Å². The van der Waals surface area contributed by atoms with Crippen LogP contribution in [0.5, 0.6) is 5.88 Å². The second-order valence-corrected chi connectivity index (χ2v) is 10.1. The standard InChI is InChI=1S/C30H28Cl2N4O3/c1-18(39-17-37)13-33-15-21-8-9-26(36-30(21)38-2)25-5-3-4-23(27(25)31)24-10-11-35-29(28(24)32)19-6-7-20-14-34-16-22(20)12-19/h3-12,17-18,33-34H,13-16H2,1-2H3/t18-/m0/s1. The highest BCUT2D eigenvalue weighted by Crippen LogP contribution is 2.42. The first-order valence-electron chi connectivity index (χ1n) is 12.6. The molecule has 0 radical (unpaired) electrons. The molecule has 0 fully saturated rings. The number of carbonyl (C=O) groups is 1. The van der Waals surface area contributed by atoms with Gasteiger partial charge in [-0.15, -0.1) is 0 Å². The molecular formula is C30H28Cl2N4O3. The van der Waals surface area contributed by atoms with Gasteiger partial charge in [-0.25, -0.2) is 4.98 Å². The summed E-state index contributed by atoms with van der Waals surface area (Å²) in [4.78, 5) is 19.8. The fraction of sp³-hybridized carbons (Fsp3) is 0.233. The van der Waals surface area contributed by atoms with Gasteiger partial charge in [-0.3, -0.25) is 9.78 Å². The van der Waals surface area contributed by atoms with E-state index in [1.165, 1.54) is 11.1 Å². The Morgan fingerprint density at radius 1 is 1.03 bits per heavy atom. The average Bonchev–Trinajstić information content (AvgIpc) is 3.42. The van der Waals surface area contributed by atoms with Crippen molar-refractivity contribution in [1.82, 2.24) is 20.6 Å². The highest BCUT2D eigenvalue weighted by molar-refractivity contribution is 6.39. The fourth-order valence-corrected chi connectivity index (χ4v) is 5.36. The first kappa shape index (κ1) is 27.1. The first-order valence-corrected chi connectivity index (χ1v) is 13.4. The molecule has 1 aliphatic heterocycles. The quantitative estimate of drug-likeness (QED) is 0.227. The van der Waals surface area contributed by atoms with E-state index in [4.69, 9.17) is 37.7 Å². The summed E-state index contributed by atoms with van der Waals surface area (Å²) in [6.45, 7) is 5.00. The number of aromatic nitrogens is 2. The topological polar surface area (TPSA) is 85.4 Å². The summed E-state index contributed by atoms with van der Waals surface area (Å²) in [5.74, 6) is 0.487. The molecule has 200 valence electrons. The number of benzene rings is 2. The van der Waals surface area contributed by atoms with E-state index in [0.717, 1.165) is 46.6 Å². The number of hydrogen-bond donors (Lipinski definition) is 2. The molecule has 4 aromatic rings. The number of ether oxygens (including phenoxy) is 2. The number of nitrogens with one attached hydrogen (secondary N) is 2. The molecule has 0 saturated carbocycles. The van der Waals surface area contributed by atoms with Gasteiger partial charge in [-0.2, -0.15) is 0 Å². The molecule has 9 heteroatoms. The Morgan fingerprint density at radius 3 is 2.64 bits per heavy atom. The van der Waals surface area contributed by atoms with E-state index in [0.29, 0.717) is 41.2 Å². The number of nitrogens with zero attached hydrogens (tertiary/aromatic N) is 2. The minimum Gasteiger partial charge on any atom is -0.481 e. The molecule has 2 aromatic heterocycles. The Balaban J connectivity index is 1.44. The maximum Gasteiger partial charge on any atom is 0.293 e. The smallest absolute Gasteiger partial charge is 0.293 e. The number of rotatable bonds is 10. The van der Waals surface area contributed by atoms with Crippen molar-refractivity contribution < 1.29 is 14.3 Å². The van der Waals surface area contributed by atoms with Gasteiger partial charge in [0, 0.05) is 60.2 Å². The van der Waals surface area contributed by atoms with Crippen LogP contribution in [0.25, 0.3) is 33.6 Å². The lowest BCUT2D eigenvalue weighted by molar-refractivity contribution is -0.132. The van der Waals surface area contributed by atoms with Crippen LogP contribution in [0.3, 0.4) is 0 Å². The molecule has 0 unspecified atom stereocenters. The maximum absolute atomic E-state index is 10.5. The highest BCUT2D eigenvalue weighted by Gasteiger charge is 2.19. The van der Waals surface area contributed by atoms with Crippen LogP contribution in [0.4, 0.5) is 0 Å². The molecule has 2 aromatic carbocycles. The third-order valence-corrected chi connectivity index (χ3v) is 7.52. The molecular weight excluding hydrogens is 535 g/mol. The maximum atomic E-state index is 10.5. The lowest BCUT2D eigenvalue weighted by atomic mass is 9.98. The summed E-state index contributed by atoms with van der Waals surface area (Å²) in [6, 6.07) is 17.9. The Labute approximate surface area is 237 Å². The predicted molar refractivity (Wildman–Crippen MR) is 154 cm³/mol. The SMILES string of the molecule is COc1nc(-c2cccc(-c3ccnc(-c4ccc5c(c4)CNC5)c3Cl)c2Cl)ccc1CNC[C@H](C)OC=O. The minimum atomic E-state index is -0.234. The second-order valence-electron chi connectivity index (χ2n) is 9.31. The van der Waals surface area contributed by atoms with E-state index in [1.807, 2.05) is 43.3 Å². The van der Waals surface area contributed by atoms with Crippen molar-refractivity contribution in [1.29, 1.82) is 0 Å². The van der Waals surface area contributed by atoms with Crippen LogP contribution in [0.1, 0.15) is 23.6 Å². The molecule has 0 bridgehead atoms. The zero-order valence-electron chi connectivity index (χ0n) is 21.6. The number of methoxy groups -OCH3 is 1. The van der Waals surface area contributed by atoms with Crippen LogP contribution in [0, 0.1) is 0 Å². The molecule has 3 heterocycles. The molecule has 39 heavy (non-hydrogen) atoms. The van der Waals surface area contributed by atoms with Crippen molar-refractivity contribution in [3.05, 3.63) is 87.5 Å². The third kappa shape index (κ3) is 5.77. The van der Waals surface area contributed by atoms with Gasteiger partial charge in [0.05, 0.1) is 28.5 Å². The van der Waals surface area contributed by atoms with E-state index in [1.54, 1.807) is 13.3 Å². The van der Waals surface area contributed by atoms with E-state index in [2.05, 4.69) is 33.8 Å². The van der Waals surface area contributed by atoms with E-state index < -0.39 is 0 Å². The van der Waals surface area contributed by atoms with Crippen LogP contribution in [0.2, 0.25) is 10.0 Å². The molecule has 0 amide bonds. The molecule has 0 aliphatic carbocycles. The summed E-state index contributed by atoms with van der Waals surface area (Å²) >= 11 is 13.9. The van der Waals surface area contributed by atoms with Gasteiger partial charge in [-0.05, 0) is 36.2 Å². The molecule has 5 rings (SSSR count). The Kier molecular flexibility index (Phi) is 8.43. The number of pyridine rings is 2. The van der Waals surface area contributed by atoms with Gasteiger partial charge < -0.3 is 20.1 Å². The number of hydrogen-bond acceptors (Lipinski definition) is 7. The average molecular weight is 563 g/mol. The molecule has 0 saturated heterocycles.